The van der Waals surface area contributed by atoms with Crippen molar-refractivity contribution in [2.75, 3.05) is 0 Å². The summed E-state index contributed by atoms with van der Waals surface area (Å²) in [6.45, 7) is 4.95. The van der Waals surface area contributed by atoms with Gasteiger partial charge < -0.3 is 0 Å². The van der Waals surface area contributed by atoms with Gasteiger partial charge in [-0.1, -0.05) is 32.0 Å². The van der Waals surface area contributed by atoms with E-state index in [9.17, 15) is 4.79 Å². The molecule has 0 amide bonds. The molecule has 4 saturated carbocycles. The van der Waals surface area contributed by atoms with E-state index in [1.165, 1.54) is 56.3 Å². The van der Waals surface area contributed by atoms with Gasteiger partial charge >= 0.3 is 0 Å². The molecule has 27 heavy (non-hydrogen) atoms. The van der Waals surface area contributed by atoms with Crippen LogP contribution in [0.5, 0.6) is 0 Å². The summed E-state index contributed by atoms with van der Waals surface area (Å²) in [5.41, 5.74) is 0.564. The van der Waals surface area contributed by atoms with Crippen LogP contribution in [0, 0.1) is 34.5 Å². The van der Waals surface area contributed by atoms with Gasteiger partial charge in [0.2, 0.25) is 0 Å². The summed E-state index contributed by atoms with van der Waals surface area (Å²) < 4.78 is 0. The van der Waals surface area contributed by atoms with E-state index in [-0.39, 0.29) is 5.41 Å². The molecule has 0 aliphatic heterocycles. The average Bonchev–Trinajstić information content (AvgIpc) is 2.98. The third kappa shape index (κ3) is 2.84. The summed E-state index contributed by atoms with van der Waals surface area (Å²) in [6, 6.07) is 11.0. The fraction of sp³-hybridized carbons (Fsp3) is 0.720. The number of ketones is 1. The molecule has 0 unspecified atom stereocenters. The van der Waals surface area contributed by atoms with Crippen molar-refractivity contribution in [2.45, 2.75) is 81.8 Å². The number of benzene rings is 1. The summed E-state index contributed by atoms with van der Waals surface area (Å²) >= 11 is 2.12. The second-order valence-electron chi connectivity index (χ2n) is 10.4. The van der Waals surface area contributed by atoms with Gasteiger partial charge in [0.15, 0.2) is 0 Å². The molecule has 7 atom stereocenters. The molecule has 4 aliphatic carbocycles. The first-order chi connectivity index (χ1) is 13.0. The molecule has 0 saturated heterocycles. The largest absolute Gasteiger partial charge is 0.299 e. The molecule has 146 valence electrons. The smallest absolute Gasteiger partial charge is 0.139 e. The van der Waals surface area contributed by atoms with Gasteiger partial charge in [0, 0.05) is 22.0 Å². The topological polar surface area (TPSA) is 17.1 Å². The molecular formula is C25H34OS. The molecule has 0 heterocycles. The second kappa shape index (κ2) is 6.65. The van der Waals surface area contributed by atoms with Gasteiger partial charge in [-0.05, 0) is 92.6 Å². The number of hydrogen-bond acceptors (Lipinski definition) is 2. The minimum atomic E-state index is 0.0325. The monoisotopic (exact) mass is 382 g/mol. The van der Waals surface area contributed by atoms with Crippen molar-refractivity contribution < 1.29 is 4.79 Å². The molecule has 1 aromatic rings. The molecule has 0 spiro atoms. The maximum absolute atomic E-state index is 12.6. The van der Waals surface area contributed by atoms with E-state index < -0.39 is 0 Å². The molecule has 0 bridgehead atoms. The van der Waals surface area contributed by atoms with E-state index in [1.54, 1.807) is 0 Å². The molecule has 4 fully saturated rings. The van der Waals surface area contributed by atoms with Gasteiger partial charge in [0.1, 0.15) is 5.78 Å². The number of Topliss-reactive ketones (excluding diaryl/α,β-unsaturated/α-hetero) is 1. The van der Waals surface area contributed by atoms with Crippen LogP contribution in [0.15, 0.2) is 35.2 Å². The van der Waals surface area contributed by atoms with E-state index in [2.05, 4.69) is 55.9 Å². The maximum Gasteiger partial charge on any atom is 0.139 e. The van der Waals surface area contributed by atoms with Crippen LogP contribution < -0.4 is 0 Å². The Bertz CT molecular complexity index is 714. The first-order valence-corrected chi connectivity index (χ1v) is 12.1. The number of carbonyl (C=O) groups excluding carboxylic acids is 1. The lowest BCUT2D eigenvalue weighted by Gasteiger charge is -2.60. The second-order valence-corrected chi connectivity index (χ2v) is 11.8. The Labute approximate surface area is 169 Å². The van der Waals surface area contributed by atoms with Crippen molar-refractivity contribution in [3.8, 4) is 0 Å². The Morgan fingerprint density at radius 1 is 0.926 bits per heavy atom. The Balaban J connectivity index is 1.32. The van der Waals surface area contributed by atoms with Crippen LogP contribution in [0.1, 0.15) is 71.6 Å². The standard InChI is InChI=1S/C25H34OS/c1-24-14-12-19(27-18-6-4-3-5-7-18)16-17(24)8-9-20-21-10-11-23(26)25(21,2)15-13-22(20)24/h3-7,17,19-22H,8-16H2,1-2H3/t17-,19+,20-,21-,22-,24-,25-/m0/s1. The van der Waals surface area contributed by atoms with E-state index in [1.807, 2.05) is 0 Å². The molecule has 1 nitrogen and oxygen atoms in total. The third-order valence-electron chi connectivity index (χ3n) is 9.37. The molecule has 5 rings (SSSR count). The maximum atomic E-state index is 12.6. The zero-order valence-corrected chi connectivity index (χ0v) is 17.8. The van der Waals surface area contributed by atoms with Gasteiger partial charge in [0.05, 0.1) is 0 Å². The molecule has 2 heteroatoms. The highest BCUT2D eigenvalue weighted by Crippen LogP contribution is 2.66. The van der Waals surface area contributed by atoms with E-state index in [4.69, 9.17) is 0 Å². The van der Waals surface area contributed by atoms with Crippen LogP contribution in [0.3, 0.4) is 0 Å². The molecule has 0 N–H and O–H groups in total. The van der Waals surface area contributed by atoms with E-state index in [0.717, 1.165) is 29.4 Å². The highest BCUT2D eigenvalue weighted by Gasteiger charge is 2.60. The molecule has 1 aromatic carbocycles. The summed E-state index contributed by atoms with van der Waals surface area (Å²) in [7, 11) is 0. The summed E-state index contributed by atoms with van der Waals surface area (Å²) in [5, 5.41) is 0.795. The Kier molecular flexibility index (Phi) is 4.50. The van der Waals surface area contributed by atoms with Crippen LogP contribution in [0.25, 0.3) is 0 Å². The lowest BCUT2D eigenvalue weighted by Crippen LogP contribution is -2.53. The predicted octanol–water partition coefficient (Wildman–Crippen LogP) is 6.76. The highest BCUT2D eigenvalue weighted by atomic mass is 32.2. The molecule has 0 radical (unpaired) electrons. The SMILES string of the molecule is C[C@]12CC[C@@H](Sc3ccccc3)C[C@@H]1CC[C@@H]1[C@@H]2CC[C@]2(C)C(=O)CC[C@@H]12. The summed E-state index contributed by atoms with van der Waals surface area (Å²) in [4.78, 5) is 14.0. The first-order valence-electron chi connectivity index (χ1n) is 11.3. The van der Waals surface area contributed by atoms with Gasteiger partial charge in [-0.25, -0.2) is 0 Å². The van der Waals surface area contributed by atoms with Gasteiger partial charge in [-0.2, -0.15) is 0 Å². The number of hydrogen-bond donors (Lipinski definition) is 0. The van der Waals surface area contributed by atoms with Gasteiger partial charge in [-0.15, -0.1) is 11.8 Å². The zero-order valence-electron chi connectivity index (χ0n) is 17.0. The van der Waals surface area contributed by atoms with Crippen LogP contribution in [-0.4, -0.2) is 11.0 Å². The van der Waals surface area contributed by atoms with Crippen molar-refractivity contribution in [1.82, 2.24) is 0 Å². The van der Waals surface area contributed by atoms with Gasteiger partial charge in [0.25, 0.3) is 0 Å². The minimum Gasteiger partial charge on any atom is -0.299 e. The molecule has 4 aliphatic rings. The van der Waals surface area contributed by atoms with Crippen LogP contribution in [-0.2, 0) is 4.79 Å². The highest BCUT2D eigenvalue weighted by molar-refractivity contribution is 8.00. The van der Waals surface area contributed by atoms with Crippen molar-refractivity contribution in [2.24, 2.45) is 34.5 Å². The lowest BCUT2D eigenvalue weighted by molar-refractivity contribution is -0.138. The Hall–Kier alpha value is -0.760. The predicted molar refractivity (Wildman–Crippen MR) is 113 cm³/mol. The van der Waals surface area contributed by atoms with Crippen molar-refractivity contribution in [3.05, 3.63) is 30.3 Å². The quantitative estimate of drug-likeness (QED) is 0.562. The van der Waals surface area contributed by atoms with Gasteiger partial charge in [-0.3, -0.25) is 4.79 Å². The lowest BCUT2D eigenvalue weighted by atomic mass is 9.45. The fourth-order valence-electron chi connectivity index (χ4n) is 7.79. The molecular weight excluding hydrogens is 348 g/mol. The van der Waals surface area contributed by atoms with Crippen LogP contribution >= 0.6 is 11.8 Å². The van der Waals surface area contributed by atoms with E-state index >= 15 is 0 Å². The average molecular weight is 383 g/mol. The van der Waals surface area contributed by atoms with Crippen molar-refractivity contribution in [1.29, 1.82) is 0 Å². The van der Waals surface area contributed by atoms with Crippen LogP contribution in [0.2, 0.25) is 0 Å². The van der Waals surface area contributed by atoms with Crippen molar-refractivity contribution in [3.63, 3.8) is 0 Å². The van der Waals surface area contributed by atoms with Crippen molar-refractivity contribution >= 4 is 17.5 Å². The summed E-state index contributed by atoms with van der Waals surface area (Å²) in [5.74, 6) is 3.88. The van der Waals surface area contributed by atoms with Crippen LogP contribution in [0.4, 0.5) is 0 Å². The third-order valence-corrected chi connectivity index (χ3v) is 10.7. The van der Waals surface area contributed by atoms with E-state index in [0.29, 0.717) is 17.1 Å². The fourth-order valence-corrected chi connectivity index (χ4v) is 9.05. The zero-order chi connectivity index (χ0) is 18.6. The summed E-state index contributed by atoms with van der Waals surface area (Å²) in [6.07, 6.45) is 11.5. The number of carbonyl (C=O) groups is 1. The first kappa shape index (κ1) is 18.3. The normalized spacial score (nSPS) is 46.4. The molecule has 0 aromatic heterocycles. The Morgan fingerprint density at radius 2 is 1.74 bits per heavy atom. The Morgan fingerprint density at radius 3 is 2.56 bits per heavy atom. The number of rotatable bonds is 2. The number of thioether (sulfide) groups is 1. The minimum absolute atomic E-state index is 0.0325. The number of fused-ring (bicyclic) bond motifs is 5.